The lowest BCUT2D eigenvalue weighted by molar-refractivity contribution is -0.128. The molecular weight excluding hydrogens is 220 g/mol. The summed E-state index contributed by atoms with van der Waals surface area (Å²) in [6.45, 7) is 3.89. The summed E-state index contributed by atoms with van der Waals surface area (Å²) in [6, 6.07) is 0. The van der Waals surface area contributed by atoms with Gasteiger partial charge < -0.3 is 20.5 Å². The number of carbonyl (C=O) groups excluding carboxylic acids is 1. The number of carbonyl (C=O) groups is 1. The lowest BCUT2D eigenvalue weighted by atomic mass is 9.79. The molecule has 1 rings (SSSR count). The third kappa shape index (κ3) is 3.94. The average molecular weight is 244 g/mol. The molecule has 0 heterocycles. The van der Waals surface area contributed by atoms with E-state index in [0.717, 1.165) is 25.8 Å². The molecule has 3 N–H and O–H groups in total. The summed E-state index contributed by atoms with van der Waals surface area (Å²) in [7, 11) is 1.65. The summed E-state index contributed by atoms with van der Waals surface area (Å²) >= 11 is 0. The fourth-order valence-corrected chi connectivity index (χ4v) is 2.47. The maximum Gasteiger partial charge on any atom is 0.237 e. The number of hydrogen-bond donors (Lipinski definition) is 2. The van der Waals surface area contributed by atoms with Crippen LogP contribution in [0.15, 0.2) is 0 Å². The first-order valence-corrected chi connectivity index (χ1v) is 6.30. The van der Waals surface area contributed by atoms with E-state index in [-0.39, 0.29) is 12.0 Å². The Balaban J connectivity index is 2.52. The van der Waals surface area contributed by atoms with Crippen LogP contribution in [0.5, 0.6) is 0 Å². The number of rotatable bonds is 7. The molecule has 1 aliphatic rings. The van der Waals surface area contributed by atoms with Crippen molar-refractivity contribution >= 4 is 5.91 Å². The van der Waals surface area contributed by atoms with Gasteiger partial charge in [-0.3, -0.25) is 4.79 Å². The fourth-order valence-electron chi connectivity index (χ4n) is 2.47. The van der Waals surface area contributed by atoms with E-state index in [0.29, 0.717) is 19.6 Å². The molecular formula is C12H24N2O3. The minimum Gasteiger partial charge on any atom is -0.382 e. The molecule has 0 aliphatic heterocycles. The number of amides is 1. The van der Waals surface area contributed by atoms with E-state index in [1.54, 1.807) is 7.11 Å². The molecule has 0 aromatic rings. The molecule has 100 valence electrons. The van der Waals surface area contributed by atoms with E-state index in [1.165, 1.54) is 0 Å². The van der Waals surface area contributed by atoms with Crippen LogP contribution in [0.4, 0.5) is 0 Å². The van der Waals surface area contributed by atoms with E-state index in [4.69, 9.17) is 15.2 Å². The Kier molecular flexibility index (Phi) is 5.88. The van der Waals surface area contributed by atoms with Gasteiger partial charge in [0, 0.05) is 13.5 Å². The summed E-state index contributed by atoms with van der Waals surface area (Å²) in [4.78, 5) is 11.6. The second kappa shape index (κ2) is 6.93. The van der Waals surface area contributed by atoms with Crippen LogP contribution < -0.4 is 11.1 Å². The molecule has 1 fully saturated rings. The van der Waals surface area contributed by atoms with E-state index >= 15 is 0 Å². The summed E-state index contributed by atoms with van der Waals surface area (Å²) in [5, 5.41) is 3.23. The highest BCUT2D eigenvalue weighted by Crippen LogP contribution is 2.30. The monoisotopic (exact) mass is 244 g/mol. The van der Waals surface area contributed by atoms with Crippen molar-refractivity contribution in [2.45, 2.75) is 44.2 Å². The molecule has 0 spiro atoms. The Morgan fingerprint density at radius 2 is 2.29 bits per heavy atom. The van der Waals surface area contributed by atoms with Crippen molar-refractivity contribution in [2.24, 2.45) is 5.73 Å². The number of hydrogen-bond acceptors (Lipinski definition) is 4. The largest absolute Gasteiger partial charge is 0.382 e. The summed E-state index contributed by atoms with van der Waals surface area (Å²) in [6.07, 6.45) is 3.53. The molecule has 1 aliphatic carbocycles. The van der Waals surface area contributed by atoms with Crippen LogP contribution in [-0.2, 0) is 14.3 Å². The lowest BCUT2D eigenvalue weighted by Crippen LogP contribution is -2.58. The second-order valence-electron chi connectivity index (χ2n) is 4.56. The zero-order valence-electron chi connectivity index (χ0n) is 10.8. The van der Waals surface area contributed by atoms with Gasteiger partial charge in [-0.25, -0.2) is 0 Å². The highest BCUT2D eigenvalue weighted by molar-refractivity contribution is 5.84. The minimum atomic E-state index is -0.579. The normalized spacial score (nSPS) is 29.2. The SMILES string of the molecule is CCNC1(C(N)=O)CCCC(OCCOC)C1. The third-order valence-electron chi connectivity index (χ3n) is 3.33. The number of likely N-dealkylation sites (N-methyl/N-ethyl adjacent to an activating group) is 1. The molecule has 1 amide bonds. The number of primary amides is 1. The second-order valence-corrected chi connectivity index (χ2v) is 4.56. The summed E-state index contributed by atoms with van der Waals surface area (Å²) in [5.41, 5.74) is 4.94. The molecule has 17 heavy (non-hydrogen) atoms. The van der Waals surface area contributed by atoms with Gasteiger partial charge in [-0.05, 0) is 25.8 Å². The van der Waals surface area contributed by atoms with Crippen LogP contribution in [0.1, 0.15) is 32.6 Å². The highest BCUT2D eigenvalue weighted by atomic mass is 16.5. The number of nitrogens with one attached hydrogen (secondary N) is 1. The van der Waals surface area contributed by atoms with E-state index in [9.17, 15) is 4.79 Å². The molecule has 0 bridgehead atoms. The average Bonchev–Trinajstić information content (AvgIpc) is 2.30. The first kappa shape index (κ1) is 14.4. The zero-order valence-corrected chi connectivity index (χ0v) is 10.8. The molecule has 0 saturated heterocycles. The Labute approximate surface area is 103 Å². The highest BCUT2D eigenvalue weighted by Gasteiger charge is 2.40. The van der Waals surface area contributed by atoms with Crippen molar-refractivity contribution in [3.05, 3.63) is 0 Å². The predicted molar refractivity (Wildman–Crippen MR) is 65.7 cm³/mol. The summed E-state index contributed by atoms with van der Waals surface area (Å²) in [5.74, 6) is -0.264. The molecule has 1 saturated carbocycles. The van der Waals surface area contributed by atoms with Gasteiger partial charge in [0.15, 0.2) is 0 Å². The van der Waals surface area contributed by atoms with E-state index in [1.807, 2.05) is 6.92 Å². The first-order valence-electron chi connectivity index (χ1n) is 6.30. The number of ether oxygens (including phenoxy) is 2. The molecule has 0 radical (unpaired) electrons. The van der Waals surface area contributed by atoms with Gasteiger partial charge in [-0.2, -0.15) is 0 Å². The molecule has 0 aromatic carbocycles. The van der Waals surface area contributed by atoms with Crippen LogP contribution >= 0.6 is 0 Å². The van der Waals surface area contributed by atoms with Crippen LogP contribution in [0.3, 0.4) is 0 Å². The van der Waals surface area contributed by atoms with Crippen molar-refractivity contribution in [2.75, 3.05) is 26.9 Å². The Hall–Kier alpha value is -0.650. The van der Waals surface area contributed by atoms with Gasteiger partial charge in [-0.1, -0.05) is 6.92 Å². The fraction of sp³-hybridized carbons (Fsp3) is 0.917. The van der Waals surface area contributed by atoms with Crippen LogP contribution in [0.2, 0.25) is 0 Å². The van der Waals surface area contributed by atoms with Gasteiger partial charge in [0.1, 0.15) is 5.54 Å². The van der Waals surface area contributed by atoms with Crippen molar-refractivity contribution in [3.63, 3.8) is 0 Å². The van der Waals surface area contributed by atoms with Crippen molar-refractivity contribution in [1.29, 1.82) is 0 Å². The quantitative estimate of drug-likeness (QED) is 0.637. The first-order chi connectivity index (χ1) is 8.14. The number of nitrogens with two attached hydrogens (primary N) is 1. The third-order valence-corrected chi connectivity index (χ3v) is 3.33. The predicted octanol–water partition coefficient (Wildman–Crippen LogP) is 0.426. The van der Waals surface area contributed by atoms with E-state index < -0.39 is 5.54 Å². The lowest BCUT2D eigenvalue weighted by Gasteiger charge is -2.39. The topological polar surface area (TPSA) is 73.6 Å². The van der Waals surface area contributed by atoms with Gasteiger partial charge in [-0.15, -0.1) is 0 Å². The maximum atomic E-state index is 11.6. The van der Waals surface area contributed by atoms with Crippen molar-refractivity contribution in [1.82, 2.24) is 5.32 Å². The smallest absolute Gasteiger partial charge is 0.237 e. The van der Waals surface area contributed by atoms with Crippen LogP contribution in [0, 0.1) is 0 Å². The molecule has 0 aromatic heterocycles. The summed E-state index contributed by atoms with van der Waals surface area (Å²) < 4.78 is 10.6. The molecule has 5 nitrogen and oxygen atoms in total. The van der Waals surface area contributed by atoms with E-state index in [2.05, 4.69) is 5.32 Å². The molecule has 5 heteroatoms. The van der Waals surface area contributed by atoms with Crippen LogP contribution in [-0.4, -0.2) is 44.4 Å². The Morgan fingerprint density at radius 3 is 2.88 bits per heavy atom. The van der Waals surface area contributed by atoms with Gasteiger partial charge >= 0.3 is 0 Å². The van der Waals surface area contributed by atoms with Crippen LogP contribution in [0.25, 0.3) is 0 Å². The maximum absolute atomic E-state index is 11.6. The molecule has 2 atom stereocenters. The standard InChI is InChI=1S/C12H24N2O3/c1-3-14-12(11(13)15)6-4-5-10(9-12)17-8-7-16-2/h10,14H,3-9H2,1-2H3,(H2,13,15). The van der Waals surface area contributed by atoms with Gasteiger partial charge in [0.2, 0.25) is 5.91 Å². The van der Waals surface area contributed by atoms with Crippen molar-refractivity contribution < 1.29 is 14.3 Å². The van der Waals surface area contributed by atoms with Gasteiger partial charge in [0.05, 0.1) is 19.3 Å². The zero-order chi connectivity index (χ0) is 12.7. The number of methoxy groups -OCH3 is 1. The Bertz CT molecular complexity index is 244. The molecule has 2 unspecified atom stereocenters. The Morgan fingerprint density at radius 1 is 1.53 bits per heavy atom. The minimum absolute atomic E-state index is 0.102. The van der Waals surface area contributed by atoms with Crippen molar-refractivity contribution in [3.8, 4) is 0 Å². The van der Waals surface area contributed by atoms with Gasteiger partial charge in [0.25, 0.3) is 0 Å².